The molecule has 3 heteroatoms. The van der Waals surface area contributed by atoms with Crippen molar-refractivity contribution in [2.24, 2.45) is 0 Å². The van der Waals surface area contributed by atoms with Crippen molar-refractivity contribution in [1.82, 2.24) is 5.32 Å². The van der Waals surface area contributed by atoms with E-state index >= 15 is 0 Å². The zero-order chi connectivity index (χ0) is 10.8. The second-order valence-corrected chi connectivity index (χ2v) is 6.03. The van der Waals surface area contributed by atoms with Gasteiger partial charge in [-0.3, -0.25) is 0 Å². The minimum absolute atomic E-state index is 0.575. The first-order valence-corrected chi connectivity index (χ1v) is 7.15. The van der Waals surface area contributed by atoms with Crippen molar-refractivity contribution >= 4 is 11.3 Å². The lowest BCUT2D eigenvalue weighted by Gasteiger charge is -2.22. The predicted octanol–water partition coefficient (Wildman–Crippen LogP) is 2.51. The topological polar surface area (TPSA) is 21.3 Å². The molecule has 1 unspecified atom stereocenters. The Morgan fingerprint density at radius 2 is 2.38 bits per heavy atom. The van der Waals surface area contributed by atoms with E-state index in [-0.39, 0.29) is 0 Å². The molecular formula is C13H19NOS. The minimum atomic E-state index is 0.575. The summed E-state index contributed by atoms with van der Waals surface area (Å²) in [5, 5.41) is 3.61. The van der Waals surface area contributed by atoms with Crippen molar-refractivity contribution in [2.75, 3.05) is 13.2 Å². The normalized spacial score (nSPS) is 24.6. The highest BCUT2D eigenvalue weighted by Crippen LogP contribution is 2.30. The van der Waals surface area contributed by atoms with Crippen LogP contribution in [0.5, 0.6) is 0 Å². The molecule has 2 aliphatic rings. The highest BCUT2D eigenvalue weighted by Gasteiger charge is 2.16. The summed E-state index contributed by atoms with van der Waals surface area (Å²) in [6.07, 6.45) is 6.46. The summed E-state index contributed by atoms with van der Waals surface area (Å²) in [5.74, 6) is 0. The Kier molecular flexibility index (Phi) is 3.27. The lowest BCUT2D eigenvalue weighted by atomic mass is 10.1. The molecule has 16 heavy (non-hydrogen) atoms. The van der Waals surface area contributed by atoms with Crippen LogP contribution in [0, 0.1) is 0 Å². The van der Waals surface area contributed by atoms with E-state index in [2.05, 4.69) is 11.4 Å². The van der Waals surface area contributed by atoms with Crippen LogP contribution in [0.1, 0.15) is 34.6 Å². The van der Waals surface area contributed by atoms with Gasteiger partial charge in [0, 0.05) is 28.9 Å². The molecule has 1 atom stereocenters. The Bertz CT molecular complexity index is 333. The summed E-state index contributed by atoms with van der Waals surface area (Å²) < 4.78 is 5.47. The molecule has 1 saturated heterocycles. The Hall–Kier alpha value is -0.380. The molecule has 3 rings (SSSR count). The van der Waals surface area contributed by atoms with Crippen LogP contribution in [0.3, 0.4) is 0 Å². The van der Waals surface area contributed by atoms with Gasteiger partial charge < -0.3 is 10.1 Å². The molecule has 1 aliphatic carbocycles. The van der Waals surface area contributed by atoms with Gasteiger partial charge in [-0.25, -0.2) is 0 Å². The molecule has 0 amide bonds. The van der Waals surface area contributed by atoms with Crippen molar-refractivity contribution in [3.8, 4) is 0 Å². The Morgan fingerprint density at radius 1 is 1.38 bits per heavy atom. The first-order chi connectivity index (χ1) is 7.92. The molecule has 0 spiro atoms. The fourth-order valence-corrected chi connectivity index (χ4v) is 3.84. The molecule has 0 radical (unpaired) electrons. The molecule has 1 fully saturated rings. The monoisotopic (exact) mass is 237 g/mol. The van der Waals surface area contributed by atoms with Gasteiger partial charge in [0.15, 0.2) is 0 Å². The molecule has 1 aliphatic heterocycles. The zero-order valence-electron chi connectivity index (χ0n) is 9.63. The Balaban J connectivity index is 1.53. The van der Waals surface area contributed by atoms with E-state index < -0.39 is 0 Å². The van der Waals surface area contributed by atoms with Crippen molar-refractivity contribution in [3.63, 3.8) is 0 Å². The van der Waals surface area contributed by atoms with Gasteiger partial charge in [-0.15, -0.1) is 11.3 Å². The fourth-order valence-electron chi connectivity index (χ4n) is 2.62. The fraction of sp³-hybridized carbons (Fsp3) is 0.692. The average molecular weight is 237 g/mol. The van der Waals surface area contributed by atoms with Crippen LogP contribution < -0.4 is 5.32 Å². The lowest BCUT2D eigenvalue weighted by Crippen LogP contribution is -2.36. The molecule has 0 saturated carbocycles. The number of thiophene rings is 1. The van der Waals surface area contributed by atoms with Crippen molar-refractivity contribution in [1.29, 1.82) is 0 Å². The van der Waals surface area contributed by atoms with E-state index in [1.165, 1.54) is 37.0 Å². The van der Waals surface area contributed by atoms with Crippen LogP contribution in [0.2, 0.25) is 0 Å². The maximum absolute atomic E-state index is 5.47. The van der Waals surface area contributed by atoms with E-state index in [0.29, 0.717) is 6.04 Å². The Labute approximate surface area is 101 Å². The van der Waals surface area contributed by atoms with Gasteiger partial charge in [-0.2, -0.15) is 0 Å². The van der Waals surface area contributed by atoms with Gasteiger partial charge in [0.25, 0.3) is 0 Å². The number of nitrogens with one attached hydrogen (secondary N) is 1. The largest absolute Gasteiger partial charge is 0.380 e. The SMILES string of the molecule is c1c(CNC2CCCOC2)sc2c1CCC2. The third-order valence-corrected chi connectivity index (χ3v) is 4.76. The van der Waals surface area contributed by atoms with Crippen LogP contribution in [0.15, 0.2) is 6.07 Å². The van der Waals surface area contributed by atoms with Crippen molar-refractivity contribution in [2.45, 2.75) is 44.7 Å². The molecule has 1 aromatic rings. The molecule has 0 aromatic carbocycles. The highest BCUT2D eigenvalue weighted by molar-refractivity contribution is 7.12. The number of aryl methyl sites for hydroxylation is 2. The third-order valence-electron chi connectivity index (χ3n) is 3.52. The molecule has 1 aromatic heterocycles. The summed E-state index contributed by atoms with van der Waals surface area (Å²) in [7, 11) is 0. The maximum atomic E-state index is 5.47. The highest BCUT2D eigenvalue weighted by atomic mass is 32.1. The van der Waals surface area contributed by atoms with Crippen LogP contribution >= 0.6 is 11.3 Å². The van der Waals surface area contributed by atoms with E-state index in [4.69, 9.17) is 4.74 Å². The zero-order valence-corrected chi connectivity index (χ0v) is 10.4. The van der Waals surface area contributed by atoms with Crippen LogP contribution in [-0.4, -0.2) is 19.3 Å². The Morgan fingerprint density at radius 3 is 3.19 bits per heavy atom. The van der Waals surface area contributed by atoms with Gasteiger partial charge in [0.2, 0.25) is 0 Å². The number of ether oxygens (including phenoxy) is 1. The van der Waals surface area contributed by atoms with E-state index in [1.54, 1.807) is 10.4 Å². The summed E-state index contributed by atoms with van der Waals surface area (Å²) in [5.41, 5.74) is 1.61. The molecular weight excluding hydrogens is 218 g/mol. The van der Waals surface area contributed by atoms with E-state index in [1.807, 2.05) is 11.3 Å². The quantitative estimate of drug-likeness (QED) is 0.872. The molecule has 88 valence electrons. The second-order valence-electron chi connectivity index (χ2n) is 4.81. The van der Waals surface area contributed by atoms with Crippen LogP contribution in [0.25, 0.3) is 0 Å². The van der Waals surface area contributed by atoms with Gasteiger partial charge in [-0.1, -0.05) is 0 Å². The third kappa shape index (κ3) is 2.31. The van der Waals surface area contributed by atoms with Gasteiger partial charge in [0.05, 0.1) is 6.61 Å². The first kappa shape index (κ1) is 10.8. The number of rotatable bonds is 3. The molecule has 2 nitrogen and oxygen atoms in total. The smallest absolute Gasteiger partial charge is 0.0619 e. The van der Waals surface area contributed by atoms with Gasteiger partial charge in [0.1, 0.15) is 0 Å². The number of fused-ring (bicyclic) bond motifs is 1. The standard InChI is InChI=1S/C13H19NOS/c1-3-10-7-12(16-13(10)5-1)8-14-11-4-2-6-15-9-11/h7,11,14H,1-6,8-9H2. The van der Waals surface area contributed by atoms with Crippen molar-refractivity contribution in [3.05, 3.63) is 21.4 Å². The molecule has 1 N–H and O–H groups in total. The molecule has 0 bridgehead atoms. The minimum Gasteiger partial charge on any atom is -0.380 e. The summed E-state index contributed by atoms with van der Waals surface area (Å²) in [6, 6.07) is 2.98. The summed E-state index contributed by atoms with van der Waals surface area (Å²) in [4.78, 5) is 3.15. The van der Waals surface area contributed by atoms with Crippen molar-refractivity contribution < 1.29 is 4.74 Å². The number of hydrogen-bond donors (Lipinski definition) is 1. The summed E-state index contributed by atoms with van der Waals surface area (Å²) in [6.45, 7) is 2.88. The lowest BCUT2D eigenvalue weighted by molar-refractivity contribution is 0.0700. The molecule has 2 heterocycles. The van der Waals surface area contributed by atoms with Crippen LogP contribution in [-0.2, 0) is 24.1 Å². The number of hydrogen-bond acceptors (Lipinski definition) is 3. The second kappa shape index (κ2) is 4.86. The predicted molar refractivity (Wildman–Crippen MR) is 67.0 cm³/mol. The van der Waals surface area contributed by atoms with Gasteiger partial charge >= 0.3 is 0 Å². The maximum Gasteiger partial charge on any atom is 0.0619 e. The summed E-state index contributed by atoms with van der Waals surface area (Å²) >= 11 is 2.01. The van der Waals surface area contributed by atoms with E-state index in [0.717, 1.165) is 19.8 Å². The average Bonchev–Trinajstić information content (AvgIpc) is 2.88. The van der Waals surface area contributed by atoms with E-state index in [9.17, 15) is 0 Å². The van der Waals surface area contributed by atoms with Crippen LogP contribution in [0.4, 0.5) is 0 Å². The first-order valence-electron chi connectivity index (χ1n) is 6.33. The van der Waals surface area contributed by atoms with Gasteiger partial charge in [-0.05, 0) is 43.7 Å².